The standard InChI is InChI=1S/C22H28N2O/c1-17(19-7-3-2-4-8-19)14-22(25)24-12-10-20(11-13-24)21-9-5-6-18(15-21)16-23/h2-9,15,17,20H,10-14,16,23H2,1H3. The Labute approximate surface area is 150 Å². The first kappa shape index (κ1) is 17.7. The SMILES string of the molecule is CC(CC(=O)N1CCC(c2cccc(CN)c2)CC1)c1ccccc1. The summed E-state index contributed by atoms with van der Waals surface area (Å²) in [6.45, 7) is 4.44. The number of amides is 1. The normalized spacial score (nSPS) is 16.6. The molecule has 0 radical (unpaired) electrons. The highest BCUT2D eigenvalue weighted by Gasteiger charge is 2.25. The minimum Gasteiger partial charge on any atom is -0.343 e. The van der Waals surface area contributed by atoms with Gasteiger partial charge in [0.2, 0.25) is 5.91 Å². The fraction of sp³-hybridized carbons (Fsp3) is 0.409. The third-order valence-corrected chi connectivity index (χ3v) is 5.36. The molecule has 0 aromatic heterocycles. The van der Waals surface area contributed by atoms with Gasteiger partial charge in [0.15, 0.2) is 0 Å². The van der Waals surface area contributed by atoms with E-state index in [1.807, 2.05) is 23.1 Å². The van der Waals surface area contributed by atoms with Crippen LogP contribution in [-0.2, 0) is 11.3 Å². The van der Waals surface area contributed by atoms with Crippen molar-refractivity contribution in [1.82, 2.24) is 4.90 Å². The maximum absolute atomic E-state index is 12.6. The summed E-state index contributed by atoms with van der Waals surface area (Å²) in [6.07, 6.45) is 2.68. The topological polar surface area (TPSA) is 46.3 Å². The Morgan fingerprint density at radius 1 is 1.12 bits per heavy atom. The van der Waals surface area contributed by atoms with Crippen LogP contribution >= 0.6 is 0 Å². The van der Waals surface area contributed by atoms with Crippen LogP contribution < -0.4 is 5.73 Å². The maximum Gasteiger partial charge on any atom is 0.223 e. The molecule has 2 N–H and O–H groups in total. The Morgan fingerprint density at radius 3 is 2.52 bits per heavy atom. The minimum atomic E-state index is 0.271. The van der Waals surface area contributed by atoms with Crippen LogP contribution in [0.4, 0.5) is 0 Å². The zero-order chi connectivity index (χ0) is 17.6. The van der Waals surface area contributed by atoms with Crippen molar-refractivity contribution in [2.45, 2.75) is 44.6 Å². The lowest BCUT2D eigenvalue weighted by molar-refractivity contribution is -0.132. The van der Waals surface area contributed by atoms with E-state index < -0.39 is 0 Å². The van der Waals surface area contributed by atoms with E-state index in [0.717, 1.165) is 25.9 Å². The van der Waals surface area contributed by atoms with Crippen LogP contribution in [-0.4, -0.2) is 23.9 Å². The molecule has 1 unspecified atom stereocenters. The number of hydrogen-bond acceptors (Lipinski definition) is 2. The van der Waals surface area contributed by atoms with Gasteiger partial charge in [0.05, 0.1) is 0 Å². The van der Waals surface area contributed by atoms with Gasteiger partial charge in [-0.1, -0.05) is 61.5 Å². The lowest BCUT2D eigenvalue weighted by Gasteiger charge is -2.33. The molecular weight excluding hydrogens is 308 g/mol. The monoisotopic (exact) mass is 336 g/mol. The molecule has 0 spiro atoms. The average molecular weight is 336 g/mol. The fourth-order valence-corrected chi connectivity index (χ4v) is 3.73. The molecule has 0 aliphatic carbocycles. The van der Waals surface area contributed by atoms with Crippen molar-refractivity contribution >= 4 is 5.91 Å². The van der Waals surface area contributed by atoms with Crippen molar-refractivity contribution in [3.05, 3.63) is 71.3 Å². The number of rotatable bonds is 5. The van der Waals surface area contributed by atoms with Crippen LogP contribution in [0.2, 0.25) is 0 Å². The van der Waals surface area contributed by atoms with Gasteiger partial charge in [-0.3, -0.25) is 4.79 Å². The van der Waals surface area contributed by atoms with E-state index in [-0.39, 0.29) is 11.8 Å². The van der Waals surface area contributed by atoms with Gasteiger partial charge in [-0.25, -0.2) is 0 Å². The summed E-state index contributed by atoms with van der Waals surface area (Å²) < 4.78 is 0. The van der Waals surface area contributed by atoms with Gasteiger partial charge in [0, 0.05) is 26.1 Å². The maximum atomic E-state index is 12.6. The summed E-state index contributed by atoms with van der Waals surface area (Å²) in [7, 11) is 0. The number of carbonyl (C=O) groups excluding carboxylic acids is 1. The molecule has 1 atom stereocenters. The van der Waals surface area contributed by atoms with E-state index in [0.29, 0.717) is 18.9 Å². The Morgan fingerprint density at radius 2 is 1.84 bits per heavy atom. The average Bonchev–Trinajstić information content (AvgIpc) is 2.68. The van der Waals surface area contributed by atoms with Gasteiger partial charge in [-0.05, 0) is 41.4 Å². The Bertz CT molecular complexity index is 690. The number of carbonyl (C=O) groups is 1. The van der Waals surface area contributed by atoms with Crippen LogP contribution in [0.25, 0.3) is 0 Å². The molecule has 1 heterocycles. The van der Waals surface area contributed by atoms with Crippen molar-refractivity contribution in [2.24, 2.45) is 5.73 Å². The summed E-state index contributed by atoms with van der Waals surface area (Å²) >= 11 is 0. The second kappa shape index (κ2) is 8.30. The predicted molar refractivity (Wildman–Crippen MR) is 102 cm³/mol. The summed E-state index contributed by atoms with van der Waals surface area (Å²) in [5.41, 5.74) is 9.55. The van der Waals surface area contributed by atoms with Crippen molar-refractivity contribution in [1.29, 1.82) is 0 Å². The quantitative estimate of drug-likeness (QED) is 0.895. The van der Waals surface area contributed by atoms with Gasteiger partial charge in [-0.2, -0.15) is 0 Å². The lowest BCUT2D eigenvalue weighted by atomic mass is 9.88. The molecule has 3 nitrogen and oxygen atoms in total. The second-order valence-electron chi connectivity index (χ2n) is 7.12. The van der Waals surface area contributed by atoms with E-state index in [4.69, 9.17) is 5.73 Å². The lowest BCUT2D eigenvalue weighted by Crippen LogP contribution is -2.38. The van der Waals surface area contributed by atoms with Crippen molar-refractivity contribution in [3.8, 4) is 0 Å². The van der Waals surface area contributed by atoms with Crippen molar-refractivity contribution in [3.63, 3.8) is 0 Å². The minimum absolute atomic E-state index is 0.271. The van der Waals surface area contributed by atoms with Crippen molar-refractivity contribution in [2.75, 3.05) is 13.1 Å². The molecule has 2 aromatic carbocycles. The molecule has 2 aromatic rings. The molecular formula is C22H28N2O. The molecule has 3 rings (SSSR count). The van der Waals surface area contributed by atoms with Crippen LogP contribution in [0, 0.1) is 0 Å². The van der Waals surface area contributed by atoms with Gasteiger partial charge in [0.1, 0.15) is 0 Å². The van der Waals surface area contributed by atoms with E-state index in [1.54, 1.807) is 0 Å². The predicted octanol–water partition coefficient (Wildman–Crippen LogP) is 4.05. The molecule has 1 amide bonds. The second-order valence-corrected chi connectivity index (χ2v) is 7.12. The molecule has 25 heavy (non-hydrogen) atoms. The van der Waals surface area contributed by atoms with Crippen molar-refractivity contribution < 1.29 is 4.79 Å². The first-order valence-electron chi connectivity index (χ1n) is 9.29. The number of nitrogens with two attached hydrogens (primary N) is 1. The molecule has 132 valence electrons. The van der Waals surface area contributed by atoms with E-state index in [1.165, 1.54) is 16.7 Å². The number of hydrogen-bond donors (Lipinski definition) is 1. The van der Waals surface area contributed by atoms with Gasteiger partial charge in [0.25, 0.3) is 0 Å². The molecule has 0 bridgehead atoms. The van der Waals surface area contributed by atoms with Crippen LogP contribution in [0.3, 0.4) is 0 Å². The highest BCUT2D eigenvalue weighted by molar-refractivity contribution is 5.77. The van der Waals surface area contributed by atoms with E-state index in [2.05, 4.69) is 43.3 Å². The molecule has 0 saturated carbocycles. The summed E-state index contributed by atoms with van der Waals surface area (Å²) in [6, 6.07) is 18.9. The fourth-order valence-electron chi connectivity index (χ4n) is 3.73. The Hall–Kier alpha value is -2.13. The van der Waals surface area contributed by atoms with E-state index in [9.17, 15) is 4.79 Å². The summed E-state index contributed by atoms with van der Waals surface area (Å²) in [5, 5.41) is 0. The molecule has 1 saturated heterocycles. The number of benzene rings is 2. The summed E-state index contributed by atoms with van der Waals surface area (Å²) in [4.78, 5) is 14.7. The van der Waals surface area contributed by atoms with Gasteiger partial charge >= 0.3 is 0 Å². The zero-order valence-corrected chi connectivity index (χ0v) is 15.0. The van der Waals surface area contributed by atoms with Crippen LogP contribution in [0.15, 0.2) is 54.6 Å². The first-order chi connectivity index (χ1) is 12.2. The van der Waals surface area contributed by atoms with E-state index >= 15 is 0 Å². The first-order valence-corrected chi connectivity index (χ1v) is 9.29. The third-order valence-electron chi connectivity index (χ3n) is 5.36. The number of piperidine rings is 1. The highest BCUT2D eigenvalue weighted by Crippen LogP contribution is 2.29. The van der Waals surface area contributed by atoms with Gasteiger partial charge < -0.3 is 10.6 Å². The Balaban J connectivity index is 1.54. The largest absolute Gasteiger partial charge is 0.343 e. The Kier molecular flexibility index (Phi) is 5.87. The summed E-state index contributed by atoms with van der Waals surface area (Å²) in [5.74, 6) is 1.10. The highest BCUT2D eigenvalue weighted by atomic mass is 16.2. The molecule has 3 heteroatoms. The van der Waals surface area contributed by atoms with Gasteiger partial charge in [-0.15, -0.1) is 0 Å². The van der Waals surface area contributed by atoms with Crippen LogP contribution in [0.1, 0.15) is 54.7 Å². The molecule has 1 aliphatic heterocycles. The smallest absolute Gasteiger partial charge is 0.223 e. The number of likely N-dealkylation sites (tertiary alicyclic amines) is 1. The third kappa shape index (κ3) is 4.49. The molecule has 1 fully saturated rings. The van der Waals surface area contributed by atoms with Crippen LogP contribution in [0.5, 0.6) is 0 Å². The zero-order valence-electron chi connectivity index (χ0n) is 15.0. The number of nitrogens with zero attached hydrogens (tertiary/aromatic N) is 1. The molecule has 1 aliphatic rings.